The van der Waals surface area contributed by atoms with Crippen LogP contribution < -0.4 is 0 Å². The summed E-state index contributed by atoms with van der Waals surface area (Å²) in [5.74, 6) is -0.511. The van der Waals surface area contributed by atoms with Gasteiger partial charge in [-0.25, -0.2) is 0 Å². The number of hydrogen-bond acceptors (Lipinski definition) is 4. The molecule has 1 aromatic heterocycles. The first-order valence-electron chi connectivity index (χ1n) is 9.15. The van der Waals surface area contributed by atoms with Crippen molar-refractivity contribution in [1.82, 2.24) is 0 Å². The summed E-state index contributed by atoms with van der Waals surface area (Å²) in [5.41, 5.74) is 0.586. The molecule has 4 heterocycles. The Morgan fingerprint density at radius 2 is 2.17 bits per heavy atom. The van der Waals surface area contributed by atoms with Crippen LogP contribution in [-0.2, 0) is 15.3 Å². The first-order chi connectivity index (χ1) is 11.4. The van der Waals surface area contributed by atoms with Gasteiger partial charge in [0.1, 0.15) is 0 Å². The first kappa shape index (κ1) is 14.1. The highest BCUT2D eigenvalue weighted by atomic mass is 16.7. The van der Waals surface area contributed by atoms with Crippen molar-refractivity contribution < 1.29 is 19.0 Å². The zero-order valence-corrected chi connectivity index (χ0v) is 14.5. The Balaban J connectivity index is 1.72. The van der Waals surface area contributed by atoms with E-state index in [1.54, 1.807) is 12.5 Å². The second kappa shape index (κ2) is 3.55. The van der Waals surface area contributed by atoms with E-state index in [0.717, 1.165) is 24.8 Å². The second-order valence-corrected chi connectivity index (χ2v) is 8.97. The Morgan fingerprint density at radius 1 is 1.33 bits per heavy atom. The predicted molar refractivity (Wildman–Crippen MR) is 85.9 cm³/mol. The molecule has 7 atom stereocenters. The molecule has 1 aromatic rings. The molecule has 3 aliphatic carbocycles. The maximum absolute atomic E-state index is 12.1. The third-order valence-electron chi connectivity index (χ3n) is 8.77. The topological polar surface area (TPSA) is 51.8 Å². The Labute approximate surface area is 141 Å². The lowest BCUT2D eigenvalue weighted by molar-refractivity contribution is -0.430. The molecule has 2 unspecified atom stereocenters. The fourth-order valence-corrected chi connectivity index (χ4v) is 7.98. The first-order valence-corrected chi connectivity index (χ1v) is 9.15. The van der Waals surface area contributed by atoms with E-state index in [1.165, 1.54) is 5.57 Å². The van der Waals surface area contributed by atoms with Gasteiger partial charge in [-0.05, 0) is 38.2 Å². The van der Waals surface area contributed by atoms with Crippen LogP contribution in [0.3, 0.4) is 0 Å². The summed E-state index contributed by atoms with van der Waals surface area (Å²) in [6, 6.07) is 1.94. The van der Waals surface area contributed by atoms with Gasteiger partial charge >= 0.3 is 0 Å². The van der Waals surface area contributed by atoms with E-state index < -0.39 is 16.8 Å². The van der Waals surface area contributed by atoms with E-state index in [1.807, 2.05) is 6.07 Å². The van der Waals surface area contributed by atoms with Gasteiger partial charge in [0.2, 0.25) is 5.79 Å². The Bertz CT molecular complexity index is 784. The number of rotatable bonds is 1. The van der Waals surface area contributed by atoms with Crippen LogP contribution in [-0.4, -0.2) is 22.9 Å². The van der Waals surface area contributed by atoms with Gasteiger partial charge in [0.15, 0.2) is 0 Å². The number of furan rings is 1. The van der Waals surface area contributed by atoms with Crippen molar-refractivity contribution in [2.45, 2.75) is 57.0 Å². The van der Waals surface area contributed by atoms with Gasteiger partial charge in [-0.2, -0.15) is 0 Å². The molecule has 24 heavy (non-hydrogen) atoms. The summed E-state index contributed by atoms with van der Waals surface area (Å²) < 4.78 is 18.8. The van der Waals surface area contributed by atoms with Crippen molar-refractivity contribution >= 4 is 0 Å². The number of allylic oxidation sites excluding steroid dienone is 1. The Kier molecular flexibility index (Phi) is 2.09. The molecule has 2 saturated carbocycles. The summed E-state index contributed by atoms with van der Waals surface area (Å²) in [6.45, 7) is 7.33. The van der Waals surface area contributed by atoms with E-state index in [9.17, 15) is 5.11 Å². The molecule has 0 aromatic carbocycles. The largest absolute Gasteiger partial charge is 0.472 e. The zero-order chi connectivity index (χ0) is 16.6. The van der Waals surface area contributed by atoms with Crippen molar-refractivity contribution in [3.8, 4) is 0 Å². The van der Waals surface area contributed by atoms with E-state index >= 15 is 0 Å². The van der Waals surface area contributed by atoms with Crippen LogP contribution in [0, 0.1) is 22.7 Å². The van der Waals surface area contributed by atoms with Crippen LogP contribution in [0.15, 0.2) is 34.7 Å². The molecule has 7 rings (SSSR count). The SMILES string of the molecule is CC1=CCCC23O[C@@]4(c5ccoc5)OC[C@]12[C@]1(O)C[C@H](C)[C@@]3(C)C41. The molecule has 3 aliphatic heterocycles. The molecule has 0 amide bonds. The van der Waals surface area contributed by atoms with Gasteiger partial charge in [-0.15, -0.1) is 0 Å². The van der Waals surface area contributed by atoms with Crippen molar-refractivity contribution in [2.75, 3.05) is 6.61 Å². The molecule has 3 saturated heterocycles. The molecule has 1 N–H and O–H groups in total. The molecule has 6 bridgehead atoms. The lowest BCUT2D eigenvalue weighted by atomic mass is 9.49. The smallest absolute Gasteiger partial charge is 0.204 e. The molecule has 0 radical (unpaired) electrons. The Hall–Kier alpha value is -1.10. The monoisotopic (exact) mass is 328 g/mol. The van der Waals surface area contributed by atoms with Crippen molar-refractivity contribution in [3.63, 3.8) is 0 Å². The molecule has 6 aliphatic rings. The molecule has 2 spiro atoms. The summed E-state index contributed by atoms with van der Waals surface area (Å²) in [4.78, 5) is 0. The zero-order valence-electron chi connectivity index (χ0n) is 14.5. The number of fused-ring (bicyclic) bond motifs is 1. The van der Waals surface area contributed by atoms with Crippen LogP contribution in [0.4, 0.5) is 0 Å². The highest BCUT2D eigenvalue weighted by Crippen LogP contribution is 2.89. The number of aliphatic hydroxyl groups is 1. The van der Waals surface area contributed by atoms with E-state index in [0.29, 0.717) is 12.5 Å². The predicted octanol–water partition coefficient (Wildman–Crippen LogP) is 3.37. The highest BCUT2D eigenvalue weighted by Gasteiger charge is 2.97. The number of hydrogen-bond donors (Lipinski definition) is 1. The normalized spacial score (nSPS) is 59.8. The highest BCUT2D eigenvalue weighted by molar-refractivity contribution is 5.50. The summed E-state index contributed by atoms with van der Waals surface area (Å²) in [7, 11) is 0. The van der Waals surface area contributed by atoms with Crippen LogP contribution in [0.1, 0.15) is 45.6 Å². The van der Waals surface area contributed by atoms with E-state index in [-0.39, 0.29) is 16.9 Å². The van der Waals surface area contributed by atoms with Crippen molar-refractivity contribution in [1.29, 1.82) is 0 Å². The van der Waals surface area contributed by atoms with Crippen molar-refractivity contribution in [3.05, 3.63) is 35.8 Å². The van der Waals surface area contributed by atoms with Gasteiger partial charge in [0, 0.05) is 11.0 Å². The molecule has 4 nitrogen and oxygen atoms in total. The molecule has 128 valence electrons. The van der Waals surface area contributed by atoms with Gasteiger partial charge in [0.25, 0.3) is 0 Å². The lowest BCUT2D eigenvalue weighted by Gasteiger charge is -2.67. The van der Waals surface area contributed by atoms with Crippen LogP contribution in [0.25, 0.3) is 0 Å². The second-order valence-electron chi connectivity index (χ2n) is 8.97. The number of ether oxygens (including phenoxy) is 2. The summed E-state index contributed by atoms with van der Waals surface area (Å²) >= 11 is 0. The van der Waals surface area contributed by atoms with Crippen LogP contribution in [0.5, 0.6) is 0 Å². The third-order valence-corrected chi connectivity index (χ3v) is 8.77. The minimum Gasteiger partial charge on any atom is -0.472 e. The minimum atomic E-state index is -0.860. The van der Waals surface area contributed by atoms with Gasteiger partial charge in [-0.3, -0.25) is 0 Å². The average Bonchev–Trinajstić information content (AvgIpc) is 3.21. The maximum Gasteiger partial charge on any atom is 0.204 e. The summed E-state index contributed by atoms with van der Waals surface area (Å²) in [6.07, 6.45) is 8.50. The average molecular weight is 328 g/mol. The maximum atomic E-state index is 12.1. The summed E-state index contributed by atoms with van der Waals surface area (Å²) in [5, 5.41) is 12.1. The Morgan fingerprint density at radius 3 is 2.92 bits per heavy atom. The van der Waals surface area contributed by atoms with E-state index in [2.05, 4.69) is 26.8 Å². The van der Waals surface area contributed by atoms with Gasteiger partial charge in [0.05, 0.1) is 41.7 Å². The molecular weight excluding hydrogens is 304 g/mol. The standard InChI is InChI=1S/C20H24O4/c1-12-5-4-7-19-16(3)13(2)9-18(21)15(16)20(24-19,14-6-8-22-10-14)23-11-17(12,18)19/h5-6,8,10,13,15,21H,4,7,9,11H2,1-3H3/t13-,15?,16-,17+,18-,19?,20+/m0/s1. The quantitative estimate of drug-likeness (QED) is 0.803. The van der Waals surface area contributed by atoms with Crippen LogP contribution >= 0.6 is 0 Å². The molecular formula is C20H24O4. The van der Waals surface area contributed by atoms with Crippen LogP contribution in [0.2, 0.25) is 0 Å². The minimum absolute atomic E-state index is 0.0553. The van der Waals surface area contributed by atoms with Gasteiger partial charge < -0.3 is 19.0 Å². The third kappa shape index (κ3) is 0.939. The fraction of sp³-hybridized carbons (Fsp3) is 0.700. The van der Waals surface area contributed by atoms with E-state index in [4.69, 9.17) is 13.9 Å². The van der Waals surface area contributed by atoms with Crippen molar-refractivity contribution in [2.24, 2.45) is 22.7 Å². The fourth-order valence-electron chi connectivity index (χ4n) is 7.98. The molecule has 5 fully saturated rings. The lowest BCUT2D eigenvalue weighted by Crippen LogP contribution is -2.75. The molecule has 4 heteroatoms. The van der Waals surface area contributed by atoms with Gasteiger partial charge in [-0.1, -0.05) is 25.5 Å².